The van der Waals surface area contributed by atoms with Crippen molar-refractivity contribution in [1.82, 2.24) is 15.1 Å². The van der Waals surface area contributed by atoms with E-state index in [-0.39, 0.29) is 5.91 Å². The molecule has 1 amide bonds. The molecular formula is C17H27N3OS. The standard InChI is InChI=1S/C17H27N3OS/c1-14-5-2-3-8-20(14)15-12-19(13-15)9-7-17(21)18-11-16-6-4-10-22-16/h4,6,10,14-15H,2-3,5,7-9,11-13H2,1H3,(H,18,21)/t14-/m1/s1. The summed E-state index contributed by atoms with van der Waals surface area (Å²) in [7, 11) is 0. The number of rotatable bonds is 6. The number of thiophene rings is 1. The van der Waals surface area contributed by atoms with E-state index in [0.717, 1.165) is 31.7 Å². The van der Waals surface area contributed by atoms with Crippen LogP contribution in [0.3, 0.4) is 0 Å². The molecule has 22 heavy (non-hydrogen) atoms. The summed E-state index contributed by atoms with van der Waals surface area (Å²) < 4.78 is 0. The van der Waals surface area contributed by atoms with Gasteiger partial charge in [-0.15, -0.1) is 11.3 Å². The predicted molar refractivity (Wildman–Crippen MR) is 91.0 cm³/mol. The Morgan fingerprint density at radius 3 is 3.00 bits per heavy atom. The first-order valence-corrected chi connectivity index (χ1v) is 9.37. The van der Waals surface area contributed by atoms with Crippen LogP contribution in [0, 0.1) is 0 Å². The van der Waals surface area contributed by atoms with Gasteiger partial charge in [0.25, 0.3) is 0 Å². The van der Waals surface area contributed by atoms with Gasteiger partial charge in [0.15, 0.2) is 0 Å². The van der Waals surface area contributed by atoms with Gasteiger partial charge in [-0.25, -0.2) is 0 Å². The van der Waals surface area contributed by atoms with Gasteiger partial charge in [0.05, 0.1) is 6.54 Å². The average molecular weight is 321 g/mol. The summed E-state index contributed by atoms with van der Waals surface area (Å²) >= 11 is 1.69. The number of carbonyl (C=O) groups excluding carboxylic acids is 1. The highest BCUT2D eigenvalue weighted by Crippen LogP contribution is 2.24. The summed E-state index contributed by atoms with van der Waals surface area (Å²) in [4.78, 5) is 18.2. The van der Waals surface area contributed by atoms with Crippen molar-refractivity contribution in [3.63, 3.8) is 0 Å². The smallest absolute Gasteiger partial charge is 0.221 e. The topological polar surface area (TPSA) is 35.6 Å². The Kier molecular flexibility index (Phi) is 5.50. The van der Waals surface area contributed by atoms with Gasteiger partial charge in [-0.05, 0) is 37.8 Å². The van der Waals surface area contributed by atoms with E-state index in [0.29, 0.717) is 13.0 Å². The zero-order valence-corrected chi connectivity index (χ0v) is 14.3. The van der Waals surface area contributed by atoms with E-state index in [1.54, 1.807) is 11.3 Å². The summed E-state index contributed by atoms with van der Waals surface area (Å²) in [6.07, 6.45) is 4.71. The van der Waals surface area contributed by atoms with Crippen LogP contribution in [0.1, 0.15) is 37.5 Å². The molecule has 2 aliphatic heterocycles. The fourth-order valence-electron chi connectivity index (χ4n) is 3.54. The molecular weight excluding hydrogens is 294 g/mol. The lowest BCUT2D eigenvalue weighted by Crippen LogP contribution is -2.62. The molecule has 1 aromatic rings. The minimum atomic E-state index is 0.170. The molecule has 0 radical (unpaired) electrons. The number of nitrogens with one attached hydrogen (secondary N) is 1. The van der Waals surface area contributed by atoms with Crippen molar-refractivity contribution in [2.45, 2.75) is 51.2 Å². The van der Waals surface area contributed by atoms with Gasteiger partial charge in [0, 0.05) is 43.0 Å². The van der Waals surface area contributed by atoms with E-state index in [2.05, 4.69) is 28.1 Å². The number of amides is 1. The zero-order chi connectivity index (χ0) is 15.4. The molecule has 5 heteroatoms. The molecule has 0 unspecified atom stereocenters. The normalized spacial score (nSPS) is 24.1. The Labute approximate surface area is 137 Å². The maximum Gasteiger partial charge on any atom is 0.221 e. The van der Waals surface area contributed by atoms with Gasteiger partial charge in [-0.1, -0.05) is 12.5 Å². The third-order valence-electron chi connectivity index (χ3n) is 4.96. The largest absolute Gasteiger partial charge is 0.351 e. The third-order valence-corrected chi connectivity index (χ3v) is 5.83. The molecule has 3 heterocycles. The van der Waals surface area contributed by atoms with Crippen molar-refractivity contribution in [1.29, 1.82) is 0 Å². The van der Waals surface area contributed by atoms with Crippen LogP contribution < -0.4 is 5.32 Å². The fourth-order valence-corrected chi connectivity index (χ4v) is 4.19. The van der Waals surface area contributed by atoms with E-state index in [9.17, 15) is 4.79 Å². The van der Waals surface area contributed by atoms with E-state index in [4.69, 9.17) is 0 Å². The van der Waals surface area contributed by atoms with Crippen molar-refractivity contribution in [3.8, 4) is 0 Å². The second-order valence-corrected chi connectivity index (χ2v) is 7.63. The molecule has 122 valence electrons. The van der Waals surface area contributed by atoms with Crippen molar-refractivity contribution in [3.05, 3.63) is 22.4 Å². The summed E-state index contributed by atoms with van der Waals surface area (Å²) in [5.41, 5.74) is 0. The summed E-state index contributed by atoms with van der Waals surface area (Å²) in [6, 6.07) is 5.55. The van der Waals surface area contributed by atoms with E-state index < -0.39 is 0 Å². The van der Waals surface area contributed by atoms with Crippen LogP contribution in [0.5, 0.6) is 0 Å². The van der Waals surface area contributed by atoms with Crippen molar-refractivity contribution >= 4 is 17.2 Å². The monoisotopic (exact) mass is 321 g/mol. The number of hydrogen-bond donors (Lipinski definition) is 1. The first-order chi connectivity index (χ1) is 10.7. The van der Waals surface area contributed by atoms with E-state index >= 15 is 0 Å². The summed E-state index contributed by atoms with van der Waals surface area (Å²) in [5, 5.41) is 5.05. The molecule has 0 spiro atoms. The molecule has 0 aromatic carbocycles. The molecule has 1 aromatic heterocycles. The van der Waals surface area contributed by atoms with Crippen LogP contribution in [0.4, 0.5) is 0 Å². The number of carbonyl (C=O) groups is 1. The Bertz CT molecular complexity index is 470. The Hall–Kier alpha value is -0.910. The van der Waals surface area contributed by atoms with Crippen LogP contribution in [0.2, 0.25) is 0 Å². The molecule has 3 rings (SSSR count). The number of hydrogen-bond acceptors (Lipinski definition) is 4. The lowest BCUT2D eigenvalue weighted by Gasteiger charge is -2.49. The molecule has 4 nitrogen and oxygen atoms in total. The Morgan fingerprint density at radius 2 is 2.27 bits per heavy atom. The quantitative estimate of drug-likeness (QED) is 0.873. The first-order valence-electron chi connectivity index (χ1n) is 8.49. The molecule has 0 saturated carbocycles. The van der Waals surface area contributed by atoms with Gasteiger partial charge >= 0.3 is 0 Å². The van der Waals surface area contributed by atoms with E-state index in [1.807, 2.05) is 11.4 Å². The first kappa shape index (κ1) is 16.0. The molecule has 0 bridgehead atoms. The molecule has 2 aliphatic rings. The molecule has 1 atom stereocenters. The van der Waals surface area contributed by atoms with Gasteiger partial charge in [0.2, 0.25) is 5.91 Å². The maximum atomic E-state index is 11.9. The molecule has 0 aliphatic carbocycles. The number of piperidine rings is 1. The minimum absolute atomic E-state index is 0.170. The van der Waals surface area contributed by atoms with Gasteiger partial charge < -0.3 is 5.32 Å². The lowest BCUT2D eigenvalue weighted by atomic mass is 9.97. The van der Waals surface area contributed by atoms with E-state index in [1.165, 1.54) is 30.7 Å². The predicted octanol–water partition coefficient (Wildman–Crippen LogP) is 2.31. The molecule has 2 saturated heterocycles. The third kappa shape index (κ3) is 4.09. The highest BCUT2D eigenvalue weighted by atomic mass is 32.1. The van der Waals surface area contributed by atoms with Gasteiger partial charge in [0.1, 0.15) is 0 Å². The number of nitrogens with zero attached hydrogens (tertiary/aromatic N) is 2. The Balaban J connectivity index is 1.30. The molecule has 1 N–H and O–H groups in total. The van der Waals surface area contributed by atoms with Gasteiger partial charge in [-0.3, -0.25) is 14.6 Å². The molecule has 2 fully saturated rings. The number of likely N-dealkylation sites (tertiary alicyclic amines) is 2. The second kappa shape index (κ2) is 7.57. The fraction of sp³-hybridized carbons (Fsp3) is 0.706. The van der Waals surface area contributed by atoms with Crippen LogP contribution in [0.15, 0.2) is 17.5 Å². The average Bonchev–Trinajstić information content (AvgIpc) is 2.98. The SMILES string of the molecule is C[C@@H]1CCCCN1C1CN(CCC(=O)NCc2cccs2)C1. The van der Waals surface area contributed by atoms with Crippen molar-refractivity contribution < 1.29 is 4.79 Å². The second-order valence-electron chi connectivity index (χ2n) is 6.60. The maximum absolute atomic E-state index is 11.9. The van der Waals surface area contributed by atoms with Crippen LogP contribution in [-0.2, 0) is 11.3 Å². The highest BCUT2D eigenvalue weighted by Gasteiger charge is 2.34. The summed E-state index contributed by atoms with van der Waals surface area (Å²) in [5.74, 6) is 0.170. The van der Waals surface area contributed by atoms with Gasteiger partial charge in [-0.2, -0.15) is 0 Å². The van der Waals surface area contributed by atoms with Crippen LogP contribution >= 0.6 is 11.3 Å². The zero-order valence-electron chi connectivity index (χ0n) is 13.5. The minimum Gasteiger partial charge on any atom is -0.351 e. The van der Waals surface area contributed by atoms with Crippen molar-refractivity contribution in [2.24, 2.45) is 0 Å². The Morgan fingerprint density at radius 1 is 1.41 bits per heavy atom. The van der Waals surface area contributed by atoms with Crippen LogP contribution in [0.25, 0.3) is 0 Å². The lowest BCUT2D eigenvalue weighted by molar-refractivity contribution is -0.122. The van der Waals surface area contributed by atoms with Crippen molar-refractivity contribution in [2.75, 3.05) is 26.2 Å². The summed E-state index contributed by atoms with van der Waals surface area (Å²) in [6.45, 7) is 7.48. The van der Waals surface area contributed by atoms with Crippen LogP contribution in [-0.4, -0.2) is 54.0 Å². The highest BCUT2D eigenvalue weighted by molar-refractivity contribution is 7.09.